The summed E-state index contributed by atoms with van der Waals surface area (Å²) in [6.45, 7) is 9.03. The molecule has 0 radical (unpaired) electrons. The number of Topliss-reactive ketones (excluding diaryl/α,β-unsaturated/α-hetero) is 1. The number of benzene rings is 1. The van der Waals surface area contributed by atoms with Gasteiger partial charge in [-0.2, -0.15) is 0 Å². The molecule has 0 spiro atoms. The molecule has 0 aliphatic heterocycles. The summed E-state index contributed by atoms with van der Waals surface area (Å²) in [6, 6.07) is 8.58. The van der Waals surface area contributed by atoms with Gasteiger partial charge in [-0.05, 0) is 48.1 Å². The zero-order chi connectivity index (χ0) is 14.8. The molecule has 2 rings (SSSR count). The zero-order valence-corrected chi connectivity index (χ0v) is 13.4. The maximum atomic E-state index is 12.4. The number of ketones is 1. The Labute approximate surface area is 123 Å². The Bertz CT molecular complexity index is 443. The molecule has 1 aliphatic carbocycles. The molecule has 110 valence electrons. The van der Waals surface area contributed by atoms with E-state index in [-0.39, 0.29) is 0 Å². The van der Waals surface area contributed by atoms with Crippen LogP contribution in [0.3, 0.4) is 0 Å². The van der Waals surface area contributed by atoms with E-state index in [9.17, 15) is 4.79 Å². The monoisotopic (exact) mass is 272 g/mol. The topological polar surface area (TPSA) is 17.1 Å². The van der Waals surface area contributed by atoms with Crippen LogP contribution in [-0.4, -0.2) is 5.78 Å². The zero-order valence-electron chi connectivity index (χ0n) is 13.4. The highest BCUT2D eigenvalue weighted by atomic mass is 16.1. The highest BCUT2D eigenvalue weighted by molar-refractivity contribution is 5.83. The van der Waals surface area contributed by atoms with Gasteiger partial charge in [-0.25, -0.2) is 0 Å². The number of carbonyl (C=O) groups is 1. The second-order valence-electron chi connectivity index (χ2n) is 7.48. The van der Waals surface area contributed by atoms with E-state index < -0.39 is 0 Å². The molecule has 1 fully saturated rings. The van der Waals surface area contributed by atoms with E-state index in [2.05, 4.69) is 52.0 Å². The Morgan fingerprint density at radius 1 is 1.15 bits per heavy atom. The Morgan fingerprint density at radius 2 is 1.70 bits per heavy atom. The third kappa shape index (κ3) is 3.94. The lowest BCUT2D eigenvalue weighted by atomic mass is 9.71. The van der Waals surface area contributed by atoms with Crippen LogP contribution >= 0.6 is 0 Å². The van der Waals surface area contributed by atoms with Crippen molar-refractivity contribution < 1.29 is 4.79 Å². The fourth-order valence-corrected chi connectivity index (χ4v) is 3.09. The maximum Gasteiger partial charge on any atom is 0.140 e. The Kier molecular flexibility index (Phi) is 4.67. The molecule has 20 heavy (non-hydrogen) atoms. The molecular formula is C19H28O. The van der Waals surface area contributed by atoms with Crippen molar-refractivity contribution in [2.24, 2.45) is 11.3 Å². The SMILES string of the molecule is CC(C)c1ccc(CC(=O)C2CCC(C)(C)CC2)cc1. The van der Waals surface area contributed by atoms with Crippen LogP contribution in [0, 0.1) is 11.3 Å². The molecule has 0 bridgehead atoms. The van der Waals surface area contributed by atoms with E-state index in [0.29, 0.717) is 29.5 Å². The van der Waals surface area contributed by atoms with Crippen molar-refractivity contribution in [2.75, 3.05) is 0 Å². The molecule has 0 heterocycles. The molecule has 0 saturated heterocycles. The molecule has 1 saturated carbocycles. The first-order valence-corrected chi connectivity index (χ1v) is 7.99. The second kappa shape index (κ2) is 6.11. The number of rotatable bonds is 4. The fourth-order valence-electron chi connectivity index (χ4n) is 3.09. The highest BCUT2D eigenvalue weighted by Crippen LogP contribution is 2.38. The van der Waals surface area contributed by atoms with Crippen molar-refractivity contribution in [3.8, 4) is 0 Å². The smallest absolute Gasteiger partial charge is 0.140 e. The van der Waals surface area contributed by atoms with Crippen LogP contribution in [0.2, 0.25) is 0 Å². The quantitative estimate of drug-likeness (QED) is 0.742. The minimum absolute atomic E-state index is 0.299. The first-order valence-electron chi connectivity index (χ1n) is 7.99. The van der Waals surface area contributed by atoms with Gasteiger partial charge >= 0.3 is 0 Å². The van der Waals surface area contributed by atoms with Crippen molar-refractivity contribution in [1.82, 2.24) is 0 Å². The Hall–Kier alpha value is -1.11. The van der Waals surface area contributed by atoms with Gasteiger partial charge in [-0.1, -0.05) is 52.0 Å². The fraction of sp³-hybridized carbons (Fsp3) is 0.632. The number of hydrogen-bond acceptors (Lipinski definition) is 1. The van der Waals surface area contributed by atoms with Gasteiger partial charge in [0.2, 0.25) is 0 Å². The lowest BCUT2D eigenvalue weighted by molar-refractivity contribution is -0.123. The predicted octanol–water partition coefficient (Wildman–Crippen LogP) is 5.14. The van der Waals surface area contributed by atoms with Crippen molar-refractivity contribution in [1.29, 1.82) is 0 Å². The third-order valence-electron chi connectivity index (χ3n) is 4.82. The van der Waals surface area contributed by atoms with E-state index in [0.717, 1.165) is 12.8 Å². The molecule has 1 aromatic carbocycles. The summed E-state index contributed by atoms with van der Waals surface area (Å²) >= 11 is 0. The van der Waals surface area contributed by atoms with Crippen LogP contribution in [0.25, 0.3) is 0 Å². The first-order chi connectivity index (χ1) is 9.37. The van der Waals surface area contributed by atoms with Crippen molar-refractivity contribution in [3.63, 3.8) is 0 Å². The summed E-state index contributed by atoms with van der Waals surface area (Å²) in [5.41, 5.74) is 2.96. The van der Waals surface area contributed by atoms with Crippen LogP contribution in [0.4, 0.5) is 0 Å². The lowest BCUT2D eigenvalue weighted by Gasteiger charge is -2.33. The summed E-state index contributed by atoms with van der Waals surface area (Å²) in [5, 5.41) is 0. The van der Waals surface area contributed by atoms with Crippen molar-refractivity contribution in [2.45, 2.75) is 65.7 Å². The second-order valence-corrected chi connectivity index (χ2v) is 7.48. The minimum Gasteiger partial charge on any atom is -0.299 e. The molecule has 0 amide bonds. The largest absolute Gasteiger partial charge is 0.299 e. The van der Waals surface area contributed by atoms with E-state index in [1.807, 2.05) is 0 Å². The molecule has 0 unspecified atom stereocenters. The summed E-state index contributed by atoms with van der Waals surface area (Å²) in [6.07, 6.45) is 5.15. The molecule has 1 heteroatoms. The molecule has 1 nitrogen and oxygen atoms in total. The molecule has 0 aromatic heterocycles. The third-order valence-corrected chi connectivity index (χ3v) is 4.82. The van der Waals surface area contributed by atoms with Crippen molar-refractivity contribution >= 4 is 5.78 Å². The summed E-state index contributed by atoms with van der Waals surface area (Å²) in [7, 11) is 0. The van der Waals surface area contributed by atoms with E-state index in [1.54, 1.807) is 0 Å². The first kappa shape index (κ1) is 15.3. The van der Waals surface area contributed by atoms with Gasteiger partial charge in [0, 0.05) is 12.3 Å². The summed E-state index contributed by atoms with van der Waals surface area (Å²) in [4.78, 5) is 12.4. The number of hydrogen-bond donors (Lipinski definition) is 0. The minimum atomic E-state index is 0.299. The molecule has 0 N–H and O–H groups in total. The number of carbonyl (C=O) groups excluding carboxylic acids is 1. The van der Waals surface area contributed by atoms with Gasteiger partial charge in [-0.3, -0.25) is 4.79 Å². The van der Waals surface area contributed by atoms with Gasteiger partial charge in [-0.15, -0.1) is 0 Å². The Balaban J connectivity index is 1.91. The van der Waals surface area contributed by atoms with Gasteiger partial charge in [0.25, 0.3) is 0 Å². The van der Waals surface area contributed by atoms with Crippen molar-refractivity contribution in [3.05, 3.63) is 35.4 Å². The molecular weight excluding hydrogens is 244 g/mol. The van der Waals surface area contributed by atoms with Gasteiger partial charge in [0.1, 0.15) is 5.78 Å². The van der Waals surface area contributed by atoms with Crippen LogP contribution < -0.4 is 0 Å². The summed E-state index contributed by atoms with van der Waals surface area (Å²) in [5.74, 6) is 1.30. The average Bonchev–Trinajstić information content (AvgIpc) is 2.39. The summed E-state index contributed by atoms with van der Waals surface area (Å²) < 4.78 is 0. The average molecular weight is 272 g/mol. The standard InChI is InChI=1S/C19H28O/c1-14(2)16-7-5-15(6-8-16)13-18(20)17-9-11-19(3,4)12-10-17/h5-8,14,17H,9-13H2,1-4H3. The van der Waals surface area contributed by atoms with Crippen LogP contribution in [0.1, 0.15) is 70.4 Å². The normalized spacial score (nSPS) is 19.2. The molecule has 0 atom stereocenters. The van der Waals surface area contributed by atoms with Gasteiger partial charge in [0.05, 0.1) is 0 Å². The predicted molar refractivity (Wildman–Crippen MR) is 85.0 cm³/mol. The van der Waals surface area contributed by atoms with Crippen LogP contribution in [-0.2, 0) is 11.2 Å². The lowest BCUT2D eigenvalue weighted by Crippen LogP contribution is -2.27. The van der Waals surface area contributed by atoms with E-state index in [1.165, 1.54) is 24.0 Å². The van der Waals surface area contributed by atoms with E-state index >= 15 is 0 Å². The van der Waals surface area contributed by atoms with Crippen LogP contribution in [0.5, 0.6) is 0 Å². The van der Waals surface area contributed by atoms with E-state index in [4.69, 9.17) is 0 Å². The van der Waals surface area contributed by atoms with Crippen LogP contribution in [0.15, 0.2) is 24.3 Å². The Morgan fingerprint density at radius 3 is 2.20 bits per heavy atom. The molecule has 1 aliphatic rings. The highest BCUT2D eigenvalue weighted by Gasteiger charge is 2.30. The van der Waals surface area contributed by atoms with Gasteiger partial charge in [0.15, 0.2) is 0 Å². The maximum absolute atomic E-state index is 12.4. The van der Waals surface area contributed by atoms with Gasteiger partial charge < -0.3 is 0 Å². The molecule has 1 aromatic rings.